The summed E-state index contributed by atoms with van der Waals surface area (Å²) in [6, 6.07) is 13.4. The van der Waals surface area contributed by atoms with Crippen LogP contribution in [0.2, 0.25) is 0 Å². The summed E-state index contributed by atoms with van der Waals surface area (Å²) in [4.78, 5) is 22.5. The summed E-state index contributed by atoms with van der Waals surface area (Å²) in [7, 11) is 1.94. The van der Waals surface area contributed by atoms with Crippen molar-refractivity contribution in [1.29, 1.82) is 0 Å². The first-order chi connectivity index (χ1) is 12.4. The van der Waals surface area contributed by atoms with Gasteiger partial charge in [-0.3, -0.25) is 4.79 Å². The fourth-order valence-electron chi connectivity index (χ4n) is 3.05. The zero-order chi connectivity index (χ0) is 18.9. The van der Waals surface area contributed by atoms with Crippen molar-refractivity contribution in [2.45, 2.75) is 12.5 Å². The Bertz CT molecular complexity index is 977. The van der Waals surface area contributed by atoms with E-state index in [1.54, 1.807) is 12.1 Å². The first-order valence-corrected chi connectivity index (χ1v) is 8.91. The molecule has 0 aliphatic heterocycles. The number of anilines is 1. The summed E-state index contributed by atoms with van der Waals surface area (Å²) < 4.78 is 0.978. The van der Waals surface area contributed by atoms with Crippen molar-refractivity contribution in [3.8, 4) is 0 Å². The number of likely N-dealkylation sites (N-methyl/N-ethyl adjacent to an activating group) is 1. The number of hydrogen-bond donors (Lipinski definition) is 2. The summed E-state index contributed by atoms with van der Waals surface area (Å²) in [5.74, 6) is 0.169. The summed E-state index contributed by atoms with van der Waals surface area (Å²) in [5, 5.41) is 0.751. The third-order valence-corrected chi connectivity index (χ3v) is 5.30. The van der Waals surface area contributed by atoms with Crippen LogP contribution in [0.15, 0.2) is 53.3 Å². The molecule has 3 aromatic rings. The highest BCUT2D eigenvalue weighted by molar-refractivity contribution is 9.10. The molecule has 0 fully saturated rings. The summed E-state index contributed by atoms with van der Waals surface area (Å²) in [5.41, 5.74) is 13.1. The molecule has 1 amide bonds. The molecule has 0 spiro atoms. The molecule has 26 heavy (non-hydrogen) atoms. The Labute approximate surface area is 160 Å². The molecule has 1 aromatic heterocycles. The standard InChI is InChI=1S/C19H20BrN5O/c1-19(10-21,12-5-3-6-13(20)9-12)25(2)18-15-8-4-7-14(17(22)26)16(15)23-11-24-18/h3-9,11H,10,21H2,1-2H3,(H2,22,26). The number of carbonyl (C=O) groups excluding carboxylic acids is 1. The van der Waals surface area contributed by atoms with Crippen LogP contribution >= 0.6 is 15.9 Å². The number of para-hydroxylation sites is 1. The molecule has 4 N–H and O–H groups in total. The molecule has 7 heteroatoms. The number of fused-ring (bicyclic) bond motifs is 1. The van der Waals surface area contributed by atoms with Crippen molar-refractivity contribution in [1.82, 2.24) is 9.97 Å². The molecule has 3 rings (SSSR count). The predicted octanol–water partition coefficient (Wildman–Crippen LogP) is 2.80. The molecule has 134 valence electrons. The Balaban J connectivity index is 2.19. The lowest BCUT2D eigenvalue weighted by molar-refractivity contribution is 0.100. The van der Waals surface area contributed by atoms with Gasteiger partial charge in [-0.05, 0) is 36.8 Å². The monoisotopic (exact) mass is 413 g/mol. The average Bonchev–Trinajstić information content (AvgIpc) is 2.65. The number of nitrogens with two attached hydrogens (primary N) is 2. The highest BCUT2D eigenvalue weighted by Crippen LogP contribution is 2.34. The Morgan fingerprint density at radius 3 is 2.62 bits per heavy atom. The van der Waals surface area contributed by atoms with Gasteiger partial charge in [-0.15, -0.1) is 0 Å². The van der Waals surface area contributed by atoms with Gasteiger partial charge in [0.05, 0.1) is 16.6 Å². The topological polar surface area (TPSA) is 98.1 Å². The van der Waals surface area contributed by atoms with Gasteiger partial charge >= 0.3 is 0 Å². The molecule has 0 radical (unpaired) electrons. The number of benzene rings is 2. The number of carbonyl (C=O) groups is 1. The molecule has 0 aliphatic carbocycles. The zero-order valence-electron chi connectivity index (χ0n) is 14.6. The first kappa shape index (κ1) is 18.3. The minimum Gasteiger partial charge on any atom is -0.366 e. The van der Waals surface area contributed by atoms with E-state index in [0.717, 1.165) is 15.4 Å². The lowest BCUT2D eigenvalue weighted by Crippen LogP contribution is -2.47. The molecule has 1 atom stereocenters. The van der Waals surface area contributed by atoms with Gasteiger partial charge in [-0.2, -0.15) is 0 Å². The normalized spacial score (nSPS) is 13.4. The van der Waals surface area contributed by atoms with E-state index < -0.39 is 11.4 Å². The smallest absolute Gasteiger partial charge is 0.250 e. The molecule has 6 nitrogen and oxygen atoms in total. The van der Waals surface area contributed by atoms with E-state index in [1.165, 1.54) is 6.33 Å². The van der Waals surface area contributed by atoms with Crippen LogP contribution in [0.1, 0.15) is 22.8 Å². The largest absolute Gasteiger partial charge is 0.366 e. The SMILES string of the molecule is CN(c1ncnc2c(C(N)=O)cccc12)C(C)(CN)c1cccc(Br)c1. The summed E-state index contributed by atoms with van der Waals surface area (Å²) >= 11 is 3.52. The Kier molecular flexibility index (Phi) is 4.93. The van der Waals surface area contributed by atoms with Gasteiger partial charge in [-0.25, -0.2) is 9.97 Å². The number of rotatable bonds is 5. The second-order valence-corrected chi connectivity index (χ2v) is 7.23. The van der Waals surface area contributed by atoms with Crippen molar-refractivity contribution in [2.75, 3.05) is 18.5 Å². The molecule has 2 aromatic carbocycles. The number of amides is 1. The van der Waals surface area contributed by atoms with E-state index in [2.05, 4.69) is 32.8 Å². The van der Waals surface area contributed by atoms with E-state index in [4.69, 9.17) is 11.5 Å². The number of primary amides is 1. The molecular weight excluding hydrogens is 394 g/mol. The lowest BCUT2D eigenvalue weighted by atomic mass is 9.90. The second kappa shape index (κ2) is 7.01. The van der Waals surface area contributed by atoms with Crippen LogP contribution in [0.5, 0.6) is 0 Å². The fourth-order valence-corrected chi connectivity index (χ4v) is 3.44. The van der Waals surface area contributed by atoms with E-state index in [-0.39, 0.29) is 0 Å². The Hall–Kier alpha value is -2.51. The van der Waals surface area contributed by atoms with Gasteiger partial charge < -0.3 is 16.4 Å². The molecule has 1 unspecified atom stereocenters. The third-order valence-electron chi connectivity index (χ3n) is 4.81. The van der Waals surface area contributed by atoms with E-state index in [0.29, 0.717) is 23.4 Å². The van der Waals surface area contributed by atoms with Crippen LogP contribution in [-0.2, 0) is 5.54 Å². The van der Waals surface area contributed by atoms with E-state index in [9.17, 15) is 4.79 Å². The van der Waals surface area contributed by atoms with Crippen molar-refractivity contribution >= 4 is 38.6 Å². The summed E-state index contributed by atoms with van der Waals surface area (Å²) in [6.45, 7) is 2.43. The molecular formula is C19H20BrN5O. The highest BCUT2D eigenvalue weighted by Gasteiger charge is 2.32. The zero-order valence-corrected chi connectivity index (χ0v) is 16.2. The molecule has 0 aliphatic rings. The van der Waals surface area contributed by atoms with Crippen LogP contribution in [0.25, 0.3) is 10.9 Å². The van der Waals surface area contributed by atoms with Crippen LogP contribution in [-0.4, -0.2) is 29.5 Å². The van der Waals surface area contributed by atoms with Crippen molar-refractivity contribution in [3.63, 3.8) is 0 Å². The molecule has 1 heterocycles. The maximum Gasteiger partial charge on any atom is 0.250 e. The number of hydrogen-bond acceptors (Lipinski definition) is 5. The van der Waals surface area contributed by atoms with E-state index in [1.807, 2.05) is 42.3 Å². The van der Waals surface area contributed by atoms with Crippen LogP contribution in [0.3, 0.4) is 0 Å². The molecule has 0 bridgehead atoms. The minimum absolute atomic E-state index is 0.372. The number of nitrogens with zero attached hydrogens (tertiary/aromatic N) is 3. The predicted molar refractivity (Wildman–Crippen MR) is 107 cm³/mol. The van der Waals surface area contributed by atoms with Gasteiger partial charge in [0.1, 0.15) is 12.1 Å². The molecule has 0 saturated carbocycles. The Morgan fingerprint density at radius 1 is 1.23 bits per heavy atom. The number of aromatic nitrogens is 2. The van der Waals surface area contributed by atoms with Gasteiger partial charge in [-0.1, -0.05) is 34.1 Å². The van der Waals surface area contributed by atoms with Gasteiger partial charge in [0.25, 0.3) is 5.91 Å². The second-order valence-electron chi connectivity index (χ2n) is 6.31. The maximum atomic E-state index is 11.7. The van der Waals surface area contributed by atoms with Crippen molar-refractivity contribution in [3.05, 3.63) is 64.4 Å². The third kappa shape index (κ3) is 3.04. The van der Waals surface area contributed by atoms with E-state index >= 15 is 0 Å². The van der Waals surface area contributed by atoms with Gasteiger partial charge in [0.2, 0.25) is 0 Å². The van der Waals surface area contributed by atoms with Crippen LogP contribution in [0.4, 0.5) is 5.82 Å². The summed E-state index contributed by atoms with van der Waals surface area (Å²) in [6.07, 6.45) is 1.44. The molecule has 0 saturated heterocycles. The quantitative estimate of drug-likeness (QED) is 0.669. The van der Waals surface area contributed by atoms with Gasteiger partial charge in [0, 0.05) is 23.5 Å². The number of halogens is 1. The maximum absolute atomic E-state index is 11.7. The highest BCUT2D eigenvalue weighted by atomic mass is 79.9. The lowest BCUT2D eigenvalue weighted by Gasteiger charge is -2.40. The van der Waals surface area contributed by atoms with Crippen molar-refractivity contribution in [2.24, 2.45) is 11.5 Å². The van der Waals surface area contributed by atoms with Crippen molar-refractivity contribution < 1.29 is 4.79 Å². The average molecular weight is 414 g/mol. The minimum atomic E-state index is -0.517. The Morgan fingerprint density at radius 2 is 1.96 bits per heavy atom. The van der Waals surface area contributed by atoms with Crippen LogP contribution in [0, 0.1) is 0 Å². The fraction of sp³-hybridized carbons (Fsp3) is 0.211. The van der Waals surface area contributed by atoms with Crippen LogP contribution < -0.4 is 16.4 Å². The first-order valence-electron chi connectivity index (χ1n) is 8.12. The van der Waals surface area contributed by atoms with Gasteiger partial charge in [0.15, 0.2) is 0 Å².